The van der Waals surface area contributed by atoms with Crippen molar-refractivity contribution in [1.82, 2.24) is 35.0 Å². The Hall–Kier alpha value is -3.49. The van der Waals surface area contributed by atoms with Crippen molar-refractivity contribution in [2.24, 2.45) is 7.05 Å². The van der Waals surface area contributed by atoms with Crippen LogP contribution in [0.5, 0.6) is 0 Å². The van der Waals surface area contributed by atoms with Crippen molar-refractivity contribution in [2.45, 2.75) is 26.4 Å². The van der Waals surface area contributed by atoms with E-state index in [4.69, 9.17) is 4.52 Å². The van der Waals surface area contributed by atoms with Crippen LogP contribution >= 0.6 is 0 Å². The molecule has 0 aromatic carbocycles. The van der Waals surface area contributed by atoms with Crippen LogP contribution in [0.2, 0.25) is 0 Å². The maximum absolute atomic E-state index is 13.0. The van der Waals surface area contributed by atoms with Gasteiger partial charge in [0.05, 0.1) is 35.1 Å². The maximum atomic E-state index is 13.0. The van der Waals surface area contributed by atoms with Crippen LogP contribution in [0.25, 0.3) is 22.4 Å². The van der Waals surface area contributed by atoms with Crippen molar-refractivity contribution in [2.75, 3.05) is 0 Å². The number of hydrogen-bond acceptors (Lipinski definition) is 6. The van der Waals surface area contributed by atoms with E-state index in [0.717, 1.165) is 5.56 Å². The molecule has 0 saturated heterocycles. The van der Waals surface area contributed by atoms with Crippen molar-refractivity contribution < 1.29 is 9.32 Å². The number of hydrogen-bond donors (Lipinski definition) is 1. The highest BCUT2D eigenvalue weighted by Crippen LogP contribution is 2.26. The molecule has 0 radical (unpaired) electrons. The molecule has 0 aliphatic heterocycles. The lowest BCUT2D eigenvalue weighted by atomic mass is 10.1. The van der Waals surface area contributed by atoms with Crippen LogP contribution in [0.4, 0.5) is 0 Å². The van der Waals surface area contributed by atoms with Gasteiger partial charge in [-0.3, -0.25) is 14.2 Å². The highest BCUT2D eigenvalue weighted by Gasteiger charge is 2.21. The van der Waals surface area contributed by atoms with Crippen LogP contribution in [0.1, 0.15) is 23.0 Å². The van der Waals surface area contributed by atoms with Gasteiger partial charge >= 0.3 is 0 Å². The fraction of sp³-hybridized carbons (Fsp3) is 0.278. The minimum atomic E-state index is -0.210. The summed E-state index contributed by atoms with van der Waals surface area (Å²) in [5, 5.41) is 15.9. The van der Waals surface area contributed by atoms with Crippen LogP contribution in [0.15, 0.2) is 41.4 Å². The second-order valence-electron chi connectivity index (χ2n) is 6.51. The Morgan fingerprint density at radius 3 is 2.93 bits per heavy atom. The van der Waals surface area contributed by atoms with Crippen LogP contribution in [0.3, 0.4) is 0 Å². The predicted molar refractivity (Wildman–Crippen MR) is 97.9 cm³/mol. The molecule has 138 valence electrons. The summed E-state index contributed by atoms with van der Waals surface area (Å²) in [7, 11) is 1.82. The van der Waals surface area contributed by atoms with Crippen LogP contribution in [-0.2, 0) is 13.6 Å². The number of amides is 1. The van der Waals surface area contributed by atoms with Crippen molar-refractivity contribution in [3.63, 3.8) is 0 Å². The van der Waals surface area contributed by atoms with E-state index in [9.17, 15) is 4.79 Å². The number of nitrogens with one attached hydrogen (secondary N) is 1. The van der Waals surface area contributed by atoms with Gasteiger partial charge in [-0.05, 0) is 26.0 Å². The summed E-state index contributed by atoms with van der Waals surface area (Å²) in [6.45, 7) is 4.30. The van der Waals surface area contributed by atoms with Gasteiger partial charge in [0.25, 0.3) is 11.6 Å². The fourth-order valence-electron chi connectivity index (χ4n) is 3.01. The molecule has 1 amide bonds. The van der Waals surface area contributed by atoms with Crippen LogP contribution in [0, 0.1) is 6.92 Å². The van der Waals surface area contributed by atoms with E-state index in [1.807, 2.05) is 32.4 Å². The van der Waals surface area contributed by atoms with Gasteiger partial charge in [-0.2, -0.15) is 10.2 Å². The number of nitrogens with zero attached hydrogens (tertiary/aromatic N) is 6. The molecule has 4 aromatic rings. The third-order valence-electron chi connectivity index (χ3n) is 4.26. The highest BCUT2D eigenvalue weighted by molar-refractivity contribution is 6.07. The summed E-state index contributed by atoms with van der Waals surface area (Å²) in [4.78, 5) is 17.5. The van der Waals surface area contributed by atoms with E-state index in [1.165, 1.54) is 0 Å². The number of aromatic nitrogens is 6. The number of carbonyl (C=O) groups excluding carboxylic acids is 1. The van der Waals surface area contributed by atoms with E-state index in [0.29, 0.717) is 34.6 Å². The van der Waals surface area contributed by atoms with Crippen LogP contribution < -0.4 is 5.32 Å². The molecule has 0 unspecified atom stereocenters. The van der Waals surface area contributed by atoms with E-state index in [-0.39, 0.29) is 11.9 Å². The Kier molecular flexibility index (Phi) is 4.19. The molecule has 0 saturated carbocycles. The largest absolute Gasteiger partial charge is 0.348 e. The topological polar surface area (TPSA) is 104 Å². The zero-order valence-corrected chi connectivity index (χ0v) is 15.2. The van der Waals surface area contributed by atoms with E-state index >= 15 is 0 Å². The molecular weight excluding hydrogens is 346 g/mol. The van der Waals surface area contributed by atoms with Gasteiger partial charge in [-0.1, -0.05) is 5.16 Å². The molecule has 9 nitrogen and oxygen atoms in total. The van der Waals surface area contributed by atoms with Crippen molar-refractivity contribution >= 4 is 17.0 Å². The third-order valence-corrected chi connectivity index (χ3v) is 4.26. The molecule has 27 heavy (non-hydrogen) atoms. The normalized spacial score (nSPS) is 12.4. The van der Waals surface area contributed by atoms with Gasteiger partial charge in [0.15, 0.2) is 0 Å². The lowest BCUT2D eigenvalue weighted by Gasteiger charge is -2.14. The average Bonchev–Trinajstić information content (AvgIpc) is 3.36. The van der Waals surface area contributed by atoms with E-state index < -0.39 is 0 Å². The zero-order valence-electron chi connectivity index (χ0n) is 15.2. The number of aryl methyl sites for hydroxylation is 2. The molecule has 0 fully saturated rings. The Morgan fingerprint density at radius 1 is 1.37 bits per heavy atom. The minimum absolute atomic E-state index is 0.109. The van der Waals surface area contributed by atoms with Gasteiger partial charge in [-0.25, -0.2) is 4.98 Å². The third kappa shape index (κ3) is 3.31. The molecule has 0 aliphatic carbocycles. The number of fused-ring (bicyclic) bond motifs is 1. The monoisotopic (exact) mass is 365 g/mol. The predicted octanol–water partition coefficient (Wildman–Crippen LogP) is 1.95. The van der Waals surface area contributed by atoms with Crippen molar-refractivity contribution in [3.8, 4) is 11.3 Å². The molecule has 4 rings (SSSR count). The Labute approximate surface area is 155 Å². The standard InChI is InChI=1S/C18H19N7O2/c1-11(9-25-6-4-5-19-25)21-17(26)14-7-15(13-8-20-24(3)10-13)22-18-16(14)12(2)23-27-18/h4-8,10-11H,9H2,1-3H3,(H,21,26)/t11-/m1/s1. The summed E-state index contributed by atoms with van der Waals surface area (Å²) in [6.07, 6.45) is 7.10. The van der Waals surface area contributed by atoms with Gasteiger partial charge in [0.2, 0.25) is 0 Å². The van der Waals surface area contributed by atoms with Gasteiger partial charge < -0.3 is 9.84 Å². The molecule has 9 heteroatoms. The Balaban J connectivity index is 1.68. The van der Waals surface area contributed by atoms with Crippen molar-refractivity contribution in [3.05, 3.63) is 48.2 Å². The minimum Gasteiger partial charge on any atom is -0.348 e. The molecule has 4 heterocycles. The quantitative estimate of drug-likeness (QED) is 0.580. The fourth-order valence-corrected chi connectivity index (χ4v) is 3.01. The molecule has 0 bridgehead atoms. The summed E-state index contributed by atoms with van der Waals surface area (Å²) in [6, 6.07) is 3.49. The Morgan fingerprint density at radius 2 is 2.22 bits per heavy atom. The second kappa shape index (κ2) is 6.67. The summed E-state index contributed by atoms with van der Waals surface area (Å²) in [5.74, 6) is -0.210. The highest BCUT2D eigenvalue weighted by atomic mass is 16.5. The first kappa shape index (κ1) is 17.0. The first-order chi connectivity index (χ1) is 13.0. The molecule has 4 aromatic heterocycles. The van der Waals surface area contributed by atoms with Gasteiger partial charge in [0.1, 0.15) is 0 Å². The molecule has 1 atom stereocenters. The average molecular weight is 365 g/mol. The number of carbonyl (C=O) groups is 1. The smallest absolute Gasteiger partial charge is 0.259 e. The molecular formula is C18H19N7O2. The van der Waals surface area contributed by atoms with E-state index in [1.54, 1.807) is 34.7 Å². The van der Waals surface area contributed by atoms with Crippen molar-refractivity contribution in [1.29, 1.82) is 0 Å². The molecule has 0 aliphatic rings. The number of pyridine rings is 1. The summed E-state index contributed by atoms with van der Waals surface area (Å²) >= 11 is 0. The van der Waals surface area contributed by atoms with Crippen LogP contribution in [-0.4, -0.2) is 41.7 Å². The summed E-state index contributed by atoms with van der Waals surface area (Å²) < 4.78 is 8.77. The summed E-state index contributed by atoms with van der Waals surface area (Å²) in [5.41, 5.74) is 2.84. The lowest BCUT2D eigenvalue weighted by Crippen LogP contribution is -2.36. The zero-order chi connectivity index (χ0) is 19.0. The first-order valence-corrected chi connectivity index (χ1v) is 8.55. The van der Waals surface area contributed by atoms with Gasteiger partial charge in [0, 0.05) is 37.2 Å². The Bertz CT molecular complexity index is 1090. The maximum Gasteiger partial charge on any atom is 0.259 e. The molecule has 1 N–H and O–H groups in total. The van der Waals surface area contributed by atoms with Gasteiger partial charge in [-0.15, -0.1) is 0 Å². The second-order valence-corrected chi connectivity index (χ2v) is 6.51. The van der Waals surface area contributed by atoms with E-state index in [2.05, 4.69) is 25.7 Å². The lowest BCUT2D eigenvalue weighted by molar-refractivity contribution is 0.0937. The number of rotatable bonds is 5. The SMILES string of the molecule is Cc1noc2nc(-c3cnn(C)c3)cc(C(=O)N[C@H](C)Cn3cccn3)c12. The first-order valence-electron chi connectivity index (χ1n) is 8.55. The molecule has 0 spiro atoms.